The smallest absolute Gasteiger partial charge is 0.0920 e. The Morgan fingerprint density at radius 1 is 1.65 bits per heavy atom. The number of rotatable bonds is 6. The summed E-state index contributed by atoms with van der Waals surface area (Å²) >= 11 is 0. The number of aromatic nitrogens is 2. The summed E-state index contributed by atoms with van der Waals surface area (Å²) in [5.41, 5.74) is 7.73. The summed E-state index contributed by atoms with van der Waals surface area (Å²) in [4.78, 5) is 2.19. The summed E-state index contributed by atoms with van der Waals surface area (Å²) < 4.78 is 1.93. The molecule has 0 aliphatic heterocycles. The second-order valence-corrected chi connectivity index (χ2v) is 4.60. The molecule has 1 rings (SSSR count). The van der Waals surface area contributed by atoms with Gasteiger partial charge in [0.05, 0.1) is 17.2 Å². The van der Waals surface area contributed by atoms with Gasteiger partial charge in [-0.3, -0.25) is 15.0 Å². The van der Waals surface area contributed by atoms with Crippen LogP contribution in [0.1, 0.15) is 31.7 Å². The van der Waals surface area contributed by atoms with Gasteiger partial charge in [-0.15, -0.1) is 0 Å². The molecule has 3 N–H and O–H groups in total. The zero-order chi connectivity index (χ0) is 13.0. The summed E-state index contributed by atoms with van der Waals surface area (Å²) in [7, 11) is 4.02. The van der Waals surface area contributed by atoms with E-state index in [-0.39, 0.29) is 11.9 Å². The molecule has 0 radical (unpaired) electrons. The Kier molecular flexibility index (Phi) is 4.69. The van der Waals surface area contributed by atoms with Gasteiger partial charge in [0.2, 0.25) is 0 Å². The molecular formula is C12H23N5. The van der Waals surface area contributed by atoms with Gasteiger partial charge in [0.15, 0.2) is 0 Å². The highest BCUT2D eigenvalue weighted by Gasteiger charge is 2.13. The molecule has 0 fully saturated rings. The summed E-state index contributed by atoms with van der Waals surface area (Å²) in [6, 6.07) is 2.41. The van der Waals surface area contributed by atoms with Gasteiger partial charge in [-0.2, -0.15) is 5.10 Å². The Balaban J connectivity index is 2.63. The molecule has 0 aliphatic rings. The lowest BCUT2D eigenvalue weighted by atomic mass is 10.2. The summed E-state index contributed by atoms with van der Waals surface area (Å²) in [6.07, 6.45) is 1.57. The lowest BCUT2D eigenvalue weighted by Gasteiger charge is -2.24. The van der Waals surface area contributed by atoms with Crippen LogP contribution < -0.4 is 5.73 Å². The third kappa shape index (κ3) is 3.85. The van der Waals surface area contributed by atoms with Crippen LogP contribution in [0.2, 0.25) is 0 Å². The Hall–Kier alpha value is -1.36. The van der Waals surface area contributed by atoms with Gasteiger partial charge >= 0.3 is 0 Å². The minimum Gasteiger partial charge on any atom is -0.388 e. The number of nitrogens with two attached hydrogens (primary N) is 1. The van der Waals surface area contributed by atoms with E-state index in [0.29, 0.717) is 6.42 Å². The second kappa shape index (κ2) is 5.82. The number of nitrogens with one attached hydrogen (secondary N) is 1. The standard InChI is InChI=1S/C12H23N5/c1-5-10-7-11(17(4)15-10)8-16(3)9(2)6-12(13)14/h7,9H,5-6,8H2,1-4H3,(H3,13,14). The summed E-state index contributed by atoms with van der Waals surface area (Å²) in [6.45, 7) is 5.02. The molecule has 5 heteroatoms. The number of amidine groups is 1. The van der Waals surface area contributed by atoms with Crippen LogP contribution in [0.25, 0.3) is 0 Å². The fourth-order valence-electron chi connectivity index (χ4n) is 1.78. The van der Waals surface area contributed by atoms with Crippen molar-refractivity contribution in [3.8, 4) is 0 Å². The molecule has 0 saturated carbocycles. The average molecular weight is 237 g/mol. The average Bonchev–Trinajstić information content (AvgIpc) is 2.58. The van der Waals surface area contributed by atoms with E-state index in [1.807, 2.05) is 18.8 Å². The predicted octanol–water partition coefficient (Wildman–Crippen LogP) is 1.13. The largest absolute Gasteiger partial charge is 0.388 e. The maximum absolute atomic E-state index is 7.31. The van der Waals surface area contributed by atoms with Gasteiger partial charge in [-0.05, 0) is 26.5 Å². The van der Waals surface area contributed by atoms with Crippen molar-refractivity contribution in [2.75, 3.05) is 7.05 Å². The number of hydrogen-bond donors (Lipinski definition) is 2. The van der Waals surface area contributed by atoms with Crippen LogP contribution in [0.4, 0.5) is 0 Å². The van der Waals surface area contributed by atoms with Crippen LogP contribution in [0, 0.1) is 5.41 Å². The SMILES string of the molecule is CCc1cc(CN(C)C(C)CC(=N)N)n(C)n1. The van der Waals surface area contributed by atoms with Crippen molar-refractivity contribution in [1.82, 2.24) is 14.7 Å². The summed E-state index contributed by atoms with van der Waals surface area (Å²) in [5.74, 6) is 0.239. The van der Waals surface area contributed by atoms with E-state index < -0.39 is 0 Å². The first kappa shape index (κ1) is 13.7. The molecule has 0 aromatic carbocycles. The first-order chi connectivity index (χ1) is 7.93. The van der Waals surface area contributed by atoms with Gasteiger partial charge in [-0.1, -0.05) is 6.92 Å². The van der Waals surface area contributed by atoms with E-state index in [1.54, 1.807) is 0 Å². The van der Waals surface area contributed by atoms with Crippen molar-refractivity contribution < 1.29 is 0 Å². The molecule has 1 aromatic heterocycles. The van der Waals surface area contributed by atoms with Gasteiger partial charge < -0.3 is 5.73 Å². The molecule has 0 bridgehead atoms. The molecule has 0 amide bonds. The van der Waals surface area contributed by atoms with Gasteiger partial charge in [0.25, 0.3) is 0 Å². The number of aryl methyl sites for hydroxylation is 2. The van der Waals surface area contributed by atoms with Crippen LogP contribution in [0.5, 0.6) is 0 Å². The van der Waals surface area contributed by atoms with Crippen molar-refractivity contribution >= 4 is 5.84 Å². The molecule has 1 unspecified atom stereocenters. The highest BCUT2D eigenvalue weighted by Crippen LogP contribution is 2.10. The van der Waals surface area contributed by atoms with E-state index in [9.17, 15) is 0 Å². The third-order valence-corrected chi connectivity index (χ3v) is 3.07. The Labute approximate surface area is 103 Å². The molecule has 1 aromatic rings. The predicted molar refractivity (Wildman–Crippen MR) is 70.0 cm³/mol. The molecule has 96 valence electrons. The van der Waals surface area contributed by atoms with Gasteiger partial charge in [0.1, 0.15) is 0 Å². The van der Waals surface area contributed by atoms with E-state index >= 15 is 0 Å². The zero-order valence-corrected chi connectivity index (χ0v) is 11.2. The highest BCUT2D eigenvalue weighted by atomic mass is 15.3. The maximum Gasteiger partial charge on any atom is 0.0920 e. The van der Waals surface area contributed by atoms with Crippen LogP contribution in [0.3, 0.4) is 0 Å². The van der Waals surface area contributed by atoms with Crippen molar-refractivity contribution in [3.05, 3.63) is 17.5 Å². The van der Waals surface area contributed by atoms with Crippen LogP contribution in [-0.2, 0) is 20.0 Å². The summed E-state index contributed by atoms with van der Waals surface area (Å²) in [5, 5.41) is 11.7. The molecule has 0 aliphatic carbocycles. The van der Waals surface area contributed by atoms with Gasteiger partial charge in [-0.25, -0.2) is 0 Å². The first-order valence-corrected chi connectivity index (χ1v) is 5.99. The molecule has 17 heavy (non-hydrogen) atoms. The zero-order valence-electron chi connectivity index (χ0n) is 11.2. The van der Waals surface area contributed by atoms with E-state index in [1.165, 1.54) is 5.69 Å². The number of hydrogen-bond acceptors (Lipinski definition) is 3. The van der Waals surface area contributed by atoms with Crippen molar-refractivity contribution in [2.45, 2.75) is 39.3 Å². The second-order valence-electron chi connectivity index (χ2n) is 4.60. The Bertz CT molecular complexity index is 382. The monoisotopic (exact) mass is 237 g/mol. The molecule has 0 saturated heterocycles. The lowest BCUT2D eigenvalue weighted by Crippen LogP contribution is -2.33. The third-order valence-electron chi connectivity index (χ3n) is 3.07. The fraction of sp³-hybridized carbons (Fsp3) is 0.667. The molecule has 5 nitrogen and oxygen atoms in total. The normalized spacial score (nSPS) is 13.0. The van der Waals surface area contributed by atoms with Crippen molar-refractivity contribution in [1.29, 1.82) is 5.41 Å². The molecule has 1 atom stereocenters. The van der Waals surface area contributed by atoms with Crippen LogP contribution in [0.15, 0.2) is 6.07 Å². The van der Waals surface area contributed by atoms with E-state index in [4.69, 9.17) is 11.1 Å². The van der Waals surface area contributed by atoms with E-state index in [2.05, 4.69) is 29.9 Å². The number of nitrogens with zero attached hydrogens (tertiary/aromatic N) is 3. The molecule has 1 heterocycles. The minimum atomic E-state index is 0.239. The quantitative estimate of drug-likeness (QED) is 0.575. The van der Waals surface area contributed by atoms with Crippen molar-refractivity contribution in [2.24, 2.45) is 12.8 Å². The molecule has 0 spiro atoms. The minimum absolute atomic E-state index is 0.239. The highest BCUT2D eigenvalue weighted by molar-refractivity contribution is 5.77. The lowest BCUT2D eigenvalue weighted by molar-refractivity contribution is 0.248. The fourth-order valence-corrected chi connectivity index (χ4v) is 1.78. The van der Waals surface area contributed by atoms with Crippen LogP contribution in [-0.4, -0.2) is 33.6 Å². The Morgan fingerprint density at radius 3 is 2.76 bits per heavy atom. The maximum atomic E-state index is 7.31. The van der Waals surface area contributed by atoms with E-state index in [0.717, 1.165) is 18.7 Å². The first-order valence-electron chi connectivity index (χ1n) is 5.99. The van der Waals surface area contributed by atoms with Crippen LogP contribution >= 0.6 is 0 Å². The Morgan fingerprint density at radius 2 is 2.29 bits per heavy atom. The van der Waals surface area contributed by atoms with Gasteiger partial charge in [0, 0.05) is 26.1 Å². The molecular weight excluding hydrogens is 214 g/mol. The van der Waals surface area contributed by atoms with Crippen molar-refractivity contribution in [3.63, 3.8) is 0 Å². The topological polar surface area (TPSA) is 70.9 Å².